The van der Waals surface area contributed by atoms with Crippen LogP contribution in [0.3, 0.4) is 0 Å². The van der Waals surface area contributed by atoms with Crippen molar-refractivity contribution in [2.45, 2.75) is 19.3 Å². The molecule has 2 amide bonds. The van der Waals surface area contributed by atoms with E-state index in [0.29, 0.717) is 10.6 Å². The number of amides is 2. The minimum Gasteiger partial charge on any atom is -0.451 e. The number of para-hydroxylation sites is 1. The number of carbonyl (C=O) groups is 2. The molecule has 1 heterocycles. The second kappa shape index (κ2) is 6.50. The fraction of sp³-hybridized carbons (Fsp3) is 0.200. The van der Waals surface area contributed by atoms with Gasteiger partial charge >= 0.3 is 5.91 Å². The number of nitrogens with one attached hydrogen (secondary N) is 2. The van der Waals surface area contributed by atoms with E-state index < -0.39 is 5.91 Å². The van der Waals surface area contributed by atoms with Crippen LogP contribution >= 0.6 is 11.6 Å². The molecule has 2 atom stereocenters. The molecule has 0 saturated heterocycles. The van der Waals surface area contributed by atoms with Gasteiger partial charge in [-0.25, -0.2) is 0 Å². The van der Waals surface area contributed by atoms with Crippen LogP contribution in [0.2, 0.25) is 5.02 Å². The standard InChI is InChI=1S/C20H17ClN2O3/c1-11-12-6-3-5-9-17(12)26-18(11)20(25)23-22-19(24)15-10-14(15)13-7-2-4-8-16(13)21/h2-9,14-15H,10H2,1H3,(H,22,24)(H,23,25)/t14-,15+/m0/s1. The van der Waals surface area contributed by atoms with Crippen LogP contribution in [0, 0.1) is 12.8 Å². The molecule has 2 aromatic carbocycles. The van der Waals surface area contributed by atoms with Gasteiger partial charge in [0, 0.05) is 21.9 Å². The van der Waals surface area contributed by atoms with Gasteiger partial charge in [-0.15, -0.1) is 0 Å². The van der Waals surface area contributed by atoms with Gasteiger partial charge in [-0.05, 0) is 37.0 Å². The number of rotatable bonds is 3. The fourth-order valence-electron chi connectivity index (χ4n) is 3.26. The van der Waals surface area contributed by atoms with Crippen molar-refractivity contribution in [3.8, 4) is 0 Å². The van der Waals surface area contributed by atoms with Crippen LogP contribution in [0.5, 0.6) is 0 Å². The van der Waals surface area contributed by atoms with Crippen LogP contribution in [0.25, 0.3) is 11.0 Å². The third-order valence-electron chi connectivity index (χ3n) is 4.78. The smallest absolute Gasteiger partial charge is 0.305 e. The minimum absolute atomic E-state index is 0.0912. The van der Waals surface area contributed by atoms with E-state index in [9.17, 15) is 9.59 Å². The summed E-state index contributed by atoms with van der Waals surface area (Å²) >= 11 is 6.18. The largest absolute Gasteiger partial charge is 0.451 e. The highest BCUT2D eigenvalue weighted by Crippen LogP contribution is 2.49. The zero-order chi connectivity index (χ0) is 18.3. The van der Waals surface area contributed by atoms with E-state index in [1.807, 2.05) is 49.4 Å². The summed E-state index contributed by atoms with van der Waals surface area (Å²) in [6, 6.07) is 14.9. The number of benzene rings is 2. The van der Waals surface area contributed by atoms with Crippen molar-refractivity contribution in [1.29, 1.82) is 0 Å². The molecule has 3 aromatic rings. The van der Waals surface area contributed by atoms with Gasteiger partial charge in [0.05, 0.1) is 0 Å². The molecule has 0 bridgehead atoms. The highest BCUT2D eigenvalue weighted by molar-refractivity contribution is 6.31. The summed E-state index contributed by atoms with van der Waals surface area (Å²) in [5, 5.41) is 1.54. The molecule has 5 nitrogen and oxygen atoms in total. The number of carbonyl (C=O) groups excluding carboxylic acids is 2. The second-order valence-corrected chi connectivity index (χ2v) is 6.87. The second-order valence-electron chi connectivity index (χ2n) is 6.47. The molecular weight excluding hydrogens is 352 g/mol. The number of fused-ring (bicyclic) bond motifs is 1. The molecule has 6 heteroatoms. The van der Waals surface area contributed by atoms with Crippen molar-refractivity contribution in [2.24, 2.45) is 5.92 Å². The van der Waals surface area contributed by atoms with Crippen molar-refractivity contribution in [2.75, 3.05) is 0 Å². The van der Waals surface area contributed by atoms with Gasteiger partial charge in [-0.2, -0.15) is 0 Å². The van der Waals surface area contributed by atoms with Crippen molar-refractivity contribution in [3.63, 3.8) is 0 Å². The van der Waals surface area contributed by atoms with Gasteiger partial charge in [0.15, 0.2) is 5.76 Å². The third kappa shape index (κ3) is 2.95. The van der Waals surface area contributed by atoms with Crippen LogP contribution in [0.1, 0.15) is 34.0 Å². The lowest BCUT2D eigenvalue weighted by molar-refractivity contribution is -0.123. The molecular formula is C20H17ClN2O3. The van der Waals surface area contributed by atoms with Crippen molar-refractivity contribution < 1.29 is 14.0 Å². The maximum absolute atomic E-state index is 12.3. The molecule has 0 unspecified atom stereocenters. The number of aryl methyl sites for hydroxylation is 1. The van der Waals surface area contributed by atoms with Gasteiger partial charge in [0.2, 0.25) is 5.91 Å². The first-order valence-electron chi connectivity index (χ1n) is 8.39. The lowest BCUT2D eigenvalue weighted by Gasteiger charge is -2.07. The Kier molecular flexibility index (Phi) is 4.17. The summed E-state index contributed by atoms with van der Waals surface area (Å²) in [4.78, 5) is 24.6. The topological polar surface area (TPSA) is 71.3 Å². The highest BCUT2D eigenvalue weighted by atomic mass is 35.5. The molecule has 1 fully saturated rings. The number of hydrazine groups is 1. The molecule has 1 saturated carbocycles. The molecule has 2 N–H and O–H groups in total. The molecule has 132 valence electrons. The first-order chi connectivity index (χ1) is 12.6. The summed E-state index contributed by atoms with van der Waals surface area (Å²) in [6.07, 6.45) is 0.717. The van der Waals surface area contributed by atoms with Crippen LogP contribution < -0.4 is 10.9 Å². The summed E-state index contributed by atoms with van der Waals surface area (Å²) in [5.74, 6) is -0.593. The predicted octanol–water partition coefficient (Wildman–Crippen LogP) is 3.96. The number of furan rings is 1. The molecule has 0 radical (unpaired) electrons. The quantitative estimate of drug-likeness (QED) is 0.687. The van der Waals surface area contributed by atoms with E-state index in [0.717, 1.165) is 22.9 Å². The summed E-state index contributed by atoms with van der Waals surface area (Å²) in [5.41, 5.74) is 7.29. The molecule has 0 aliphatic heterocycles. The average Bonchev–Trinajstić information content (AvgIpc) is 3.38. The van der Waals surface area contributed by atoms with Gasteiger partial charge in [-0.1, -0.05) is 48.0 Å². The van der Waals surface area contributed by atoms with E-state index in [2.05, 4.69) is 10.9 Å². The first kappa shape index (κ1) is 16.7. The van der Waals surface area contributed by atoms with Crippen LogP contribution in [0.4, 0.5) is 0 Å². The Hall–Kier alpha value is -2.79. The van der Waals surface area contributed by atoms with E-state index in [1.54, 1.807) is 6.07 Å². The van der Waals surface area contributed by atoms with Crippen molar-refractivity contribution in [3.05, 3.63) is 70.4 Å². The SMILES string of the molecule is Cc1c(C(=O)NNC(=O)[C@@H]2C[C@H]2c2ccccc2Cl)oc2ccccc12. The number of hydrogen-bond donors (Lipinski definition) is 2. The maximum Gasteiger partial charge on any atom is 0.305 e. The number of halogens is 1. The Labute approximate surface area is 155 Å². The van der Waals surface area contributed by atoms with E-state index in [4.69, 9.17) is 16.0 Å². The Balaban J connectivity index is 1.40. The van der Waals surface area contributed by atoms with Crippen LogP contribution in [-0.4, -0.2) is 11.8 Å². The molecule has 1 aromatic heterocycles. The summed E-state index contributed by atoms with van der Waals surface area (Å²) < 4.78 is 5.59. The Bertz CT molecular complexity index is 1010. The Morgan fingerprint density at radius 1 is 1.08 bits per heavy atom. The highest BCUT2D eigenvalue weighted by Gasteiger charge is 2.45. The lowest BCUT2D eigenvalue weighted by Crippen LogP contribution is -2.42. The van der Waals surface area contributed by atoms with E-state index >= 15 is 0 Å². The molecule has 0 spiro atoms. The van der Waals surface area contributed by atoms with Crippen molar-refractivity contribution in [1.82, 2.24) is 10.9 Å². The third-order valence-corrected chi connectivity index (χ3v) is 5.13. The van der Waals surface area contributed by atoms with Gasteiger partial charge in [0.25, 0.3) is 0 Å². The van der Waals surface area contributed by atoms with E-state index in [-0.39, 0.29) is 23.5 Å². The minimum atomic E-state index is -0.470. The van der Waals surface area contributed by atoms with E-state index in [1.165, 1.54) is 0 Å². The van der Waals surface area contributed by atoms with Gasteiger partial charge in [0.1, 0.15) is 5.58 Å². The normalized spacial score (nSPS) is 18.5. The zero-order valence-corrected chi connectivity index (χ0v) is 14.8. The average molecular weight is 369 g/mol. The summed E-state index contributed by atoms with van der Waals surface area (Å²) in [7, 11) is 0. The monoisotopic (exact) mass is 368 g/mol. The molecule has 4 rings (SSSR count). The zero-order valence-electron chi connectivity index (χ0n) is 14.1. The number of hydrogen-bond acceptors (Lipinski definition) is 3. The van der Waals surface area contributed by atoms with Gasteiger partial charge in [-0.3, -0.25) is 20.4 Å². The summed E-state index contributed by atoms with van der Waals surface area (Å²) in [6.45, 7) is 1.82. The van der Waals surface area contributed by atoms with Gasteiger partial charge < -0.3 is 4.42 Å². The molecule has 1 aliphatic rings. The Morgan fingerprint density at radius 3 is 2.58 bits per heavy atom. The Morgan fingerprint density at radius 2 is 1.81 bits per heavy atom. The lowest BCUT2D eigenvalue weighted by atomic mass is 10.1. The van der Waals surface area contributed by atoms with Crippen LogP contribution in [0.15, 0.2) is 52.9 Å². The molecule has 1 aliphatic carbocycles. The maximum atomic E-state index is 12.3. The van der Waals surface area contributed by atoms with Crippen LogP contribution in [-0.2, 0) is 4.79 Å². The van der Waals surface area contributed by atoms with Crippen molar-refractivity contribution >= 4 is 34.4 Å². The first-order valence-corrected chi connectivity index (χ1v) is 8.77. The predicted molar refractivity (Wildman–Crippen MR) is 98.9 cm³/mol. The fourth-order valence-corrected chi connectivity index (χ4v) is 3.54. The molecule has 26 heavy (non-hydrogen) atoms.